The Labute approximate surface area is 131 Å². The van der Waals surface area contributed by atoms with Crippen molar-refractivity contribution >= 4 is 28.9 Å². The van der Waals surface area contributed by atoms with E-state index in [4.69, 9.17) is 4.52 Å². The Morgan fingerprint density at radius 2 is 2.13 bits per heavy atom. The Balaban J connectivity index is 2.05. The van der Waals surface area contributed by atoms with Gasteiger partial charge in [0.25, 0.3) is 11.8 Å². The summed E-state index contributed by atoms with van der Waals surface area (Å²) in [5.41, 5.74) is 1.05. The number of nitrogens with zero attached hydrogens (tertiary/aromatic N) is 3. The van der Waals surface area contributed by atoms with Crippen molar-refractivity contribution < 1.29 is 14.1 Å². The van der Waals surface area contributed by atoms with Crippen LogP contribution in [0, 0.1) is 18.3 Å². The Bertz CT molecular complexity index is 889. The maximum atomic E-state index is 12.4. The van der Waals surface area contributed by atoms with Gasteiger partial charge in [-0.1, -0.05) is 23.4 Å². The molecule has 1 aromatic carbocycles. The first-order valence-corrected chi connectivity index (χ1v) is 6.79. The minimum absolute atomic E-state index is 0.0864. The van der Waals surface area contributed by atoms with E-state index >= 15 is 0 Å². The summed E-state index contributed by atoms with van der Waals surface area (Å²) in [5.74, 6) is -0.384. The van der Waals surface area contributed by atoms with Crippen molar-refractivity contribution in [2.45, 2.75) is 6.92 Å². The molecule has 0 saturated carbocycles. The van der Waals surface area contributed by atoms with Crippen molar-refractivity contribution in [3.05, 3.63) is 47.2 Å². The predicted octanol–water partition coefficient (Wildman–Crippen LogP) is 1.88. The van der Waals surface area contributed by atoms with E-state index in [1.165, 1.54) is 11.0 Å². The molecule has 0 bridgehead atoms. The zero-order valence-electron chi connectivity index (χ0n) is 12.5. The average molecular weight is 308 g/mol. The number of aryl methyl sites for hydroxylation is 1. The van der Waals surface area contributed by atoms with Crippen LogP contribution in [0.1, 0.15) is 11.3 Å². The summed E-state index contributed by atoms with van der Waals surface area (Å²) in [6, 6.07) is 10.3. The number of hydrogen-bond donors (Lipinski definition) is 1. The number of carbonyl (C=O) groups excluding carboxylic acids is 2. The second-order valence-corrected chi connectivity index (χ2v) is 5.02. The first kappa shape index (κ1) is 14.5. The summed E-state index contributed by atoms with van der Waals surface area (Å²) in [6.07, 6.45) is 0. The fraction of sp³-hybridized carbons (Fsp3) is 0.125. The SMILES string of the molecule is Cc1cc(NC(=O)/C(C#N)=C2\C(=O)N(C)c3ccccc32)no1. The monoisotopic (exact) mass is 308 g/mol. The minimum Gasteiger partial charge on any atom is -0.360 e. The summed E-state index contributed by atoms with van der Waals surface area (Å²) in [6.45, 7) is 1.68. The molecule has 0 unspecified atom stereocenters. The minimum atomic E-state index is -0.700. The fourth-order valence-corrected chi connectivity index (χ4v) is 2.44. The first-order valence-electron chi connectivity index (χ1n) is 6.79. The summed E-state index contributed by atoms with van der Waals surface area (Å²) in [7, 11) is 1.60. The van der Waals surface area contributed by atoms with Crippen LogP contribution in [0.3, 0.4) is 0 Å². The molecule has 7 nitrogen and oxygen atoms in total. The standard InChI is InChI=1S/C16H12N4O3/c1-9-7-13(19-23-9)18-15(21)11(8-17)14-10-5-3-4-6-12(10)20(2)16(14)22/h3-7H,1-2H3,(H,18,19,21)/b14-11-. The Hall–Kier alpha value is -3.40. The number of benzene rings is 1. The third-order valence-electron chi connectivity index (χ3n) is 3.51. The molecule has 1 aliphatic heterocycles. The van der Waals surface area contributed by atoms with Gasteiger partial charge in [-0.2, -0.15) is 5.26 Å². The number of rotatable bonds is 2. The van der Waals surface area contributed by atoms with E-state index in [1.807, 2.05) is 6.07 Å². The van der Waals surface area contributed by atoms with Gasteiger partial charge in [0.2, 0.25) is 0 Å². The quantitative estimate of drug-likeness (QED) is 0.674. The number of para-hydroxylation sites is 1. The largest absolute Gasteiger partial charge is 0.360 e. The lowest BCUT2D eigenvalue weighted by Crippen LogP contribution is -2.23. The highest BCUT2D eigenvalue weighted by Crippen LogP contribution is 2.37. The third-order valence-corrected chi connectivity index (χ3v) is 3.51. The topological polar surface area (TPSA) is 99.2 Å². The number of fused-ring (bicyclic) bond motifs is 1. The van der Waals surface area contributed by atoms with Gasteiger partial charge < -0.3 is 14.7 Å². The molecule has 1 N–H and O–H groups in total. The molecule has 0 spiro atoms. The number of nitriles is 1. The summed E-state index contributed by atoms with van der Waals surface area (Å²) >= 11 is 0. The lowest BCUT2D eigenvalue weighted by Gasteiger charge is -2.08. The van der Waals surface area contributed by atoms with Gasteiger partial charge in [0.15, 0.2) is 5.82 Å². The lowest BCUT2D eigenvalue weighted by atomic mass is 10.0. The number of carbonyl (C=O) groups is 2. The predicted molar refractivity (Wildman–Crippen MR) is 82.3 cm³/mol. The van der Waals surface area contributed by atoms with Crippen molar-refractivity contribution in [3.8, 4) is 6.07 Å². The van der Waals surface area contributed by atoms with Crippen molar-refractivity contribution in [3.63, 3.8) is 0 Å². The molecule has 0 atom stereocenters. The van der Waals surface area contributed by atoms with Crippen molar-refractivity contribution in [2.24, 2.45) is 0 Å². The number of likely N-dealkylation sites (N-methyl/N-ethyl adjacent to an activating group) is 1. The van der Waals surface area contributed by atoms with E-state index in [9.17, 15) is 14.9 Å². The van der Waals surface area contributed by atoms with Crippen molar-refractivity contribution in [1.29, 1.82) is 5.26 Å². The summed E-state index contributed by atoms with van der Waals surface area (Å²) < 4.78 is 4.86. The van der Waals surface area contributed by atoms with Gasteiger partial charge in [-0.05, 0) is 13.0 Å². The fourth-order valence-electron chi connectivity index (χ4n) is 2.44. The van der Waals surface area contributed by atoms with E-state index in [0.29, 0.717) is 17.0 Å². The van der Waals surface area contributed by atoms with E-state index in [2.05, 4.69) is 10.5 Å². The second-order valence-electron chi connectivity index (χ2n) is 5.02. The first-order chi connectivity index (χ1) is 11.0. The van der Waals surface area contributed by atoms with Crippen LogP contribution in [0.5, 0.6) is 0 Å². The molecule has 1 aromatic heterocycles. The zero-order chi connectivity index (χ0) is 16.6. The Kier molecular flexibility index (Phi) is 3.43. The second kappa shape index (κ2) is 5.42. The van der Waals surface area contributed by atoms with Gasteiger partial charge >= 0.3 is 0 Å². The van der Waals surface area contributed by atoms with Gasteiger partial charge in [0, 0.05) is 18.7 Å². The van der Waals surface area contributed by atoms with E-state index in [0.717, 1.165) is 0 Å². The smallest absolute Gasteiger partial charge is 0.268 e. The van der Waals surface area contributed by atoms with E-state index in [-0.39, 0.29) is 17.0 Å². The number of anilines is 2. The van der Waals surface area contributed by atoms with Crippen LogP contribution in [0.4, 0.5) is 11.5 Å². The van der Waals surface area contributed by atoms with E-state index < -0.39 is 11.8 Å². The van der Waals surface area contributed by atoms with Crippen LogP contribution in [-0.4, -0.2) is 24.0 Å². The molecule has 1 aliphatic rings. The number of hydrogen-bond acceptors (Lipinski definition) is 5. The average Bonchev–Trinajstić information content (AvgIpc) is 3.05. The molecule has 0 fully saturated rings. The normalized spacial score (nSPS) is 15.2. The molecule has 2 aromatic rings. The maximum absolute atomic E-state index is 12.4. The Morgan fingerprint density at radius 3 is 2.78 bits per heavy atom. The number of nitrogens with one attached hydrogen (secondary N) is 1. The number of aromatic nitrogens is 1. The summed E-state index contributed by atoms with van der Waals surface area (Å²) in [4.78, 5) is 26.2. The Morgan fingerprint density at radius 1 is 1.39 bits per heavy atom. The molecule has 3 rings (SSSR count). The molecule has 0 radical (unpaired) electrons. The highest BCUT2D eigenvalue weighted by Gasteiger charge is 2.34. The summed E-state index contributed by atoms with van der Waals surface area (Å²) in [5, 5.41) is 15.5. The molecule has 2 heterocycles. The van der Waals surface area contributed by atoms with Crippen molar-refractivity contribution in [2.75, 3.05) is 17.3 Å². The van der Waals surface area contributed by atoms with Crippen LogP contribution < -0.4 is 10.2 Å². The highest BCUT2D eigenvalue weighted by atomic mass is 16.5. The molecule has 2 amide bonds. The number of amides is 2. The molecule has 114 valence electrons. The molecule has 7 heteroatoms. The van der Waals surface area contributed by atoms with Crippen molar-refractivity contribution in [1.82, 2.24) is 5.16 Å². The molecule has 0 saturated heterocycles. The lowest BCUT2D eigenvalue weighted by molar-refractivity contribution is -0.114. The van der Waals surface area contributed by atoms with E-state index in [1.54, 1.807) is 38.2 Å². The third kappa shape index (κ3) is 2.36. The van der Waals surface area contributed by atoms with Gasteiger partial charge in [-0.15, -0.1) is 0 Å². The molecule has 23 heavy (non-hydrogen) atoms. The molecular formula is C16H12N4O3. The van der Waals surface area contributed by atoms with Crippen LogP contribution in [-0.2, 0) is 9.59 Å². The maximum Gasteiger partial charge on any atom is 0.268 e. The van der Waals surface area contributed by atoms with Gasteiger partial charge in [-0.3, -0.25) is 9.59 Å². The van der Waals surface area contributed by atoms with Crippen LogP contribution in [0.15, 0.2) is 40.4 Å². The van der Waals surface area contributed by atoms with Gasteiger partial charge in [0.05, 0.1) is 11.3 Å². The molecule has 0 aliphatic carbocycles. The van der Waals surface area contributed by atoms with Gasteiger partial charge in [0.1, 0.15) is 17.4 Å². The zero-order valence-corrected chi connectivity index (χ0v) is 12.5. The van der Waals surface area contributed by atoms with Crippen LogP contribution in [0.2, 0.25) is 0 Å². The van der Waals surface area contributed by atoms with Crippen LogP contribution >= 0.6 is 0 Å². The van der Waals surface area contributed by atoms with Crippen LogP contribution in [0.25, 0.3) is 5.57 Å². The van der Waals surface area contributed by atoms with Gasteiger partial charge in [-0.25, -0.2) is 0 Å². The highest BCUT2D eigenvalue weighted by molar-refractivity contribution is 6.37. The molecular weight excluding hydrogens is 296 g/mol.